The zero-order valence-corrected chi connectivity index (χ0v) is 18.0. The fourth-order valence-electron chi connectivity index (χ4n) is 3.78. The van der Waals surface area contributed by atoms with Crippen LogP contribution in [0.2, 0.25) is 0 Å². The molecule has 0 saturated heterocycles. The highest BCUT2D eigenvalue weighted by Crippen LogP contribution is 2.32. The molecule has 0 unspecified atom stereocenters. The van der Waals surface area contributed by atoms with Gasteiger partial charge < -0.3 is 0 Å². The van der Waals surface area contributed by atoms with Gasteiger partial charge >= 0.3 is 0 Å². The summed E-state index contributed by atoms with van der Waals surface area (Å²) in [5.41, 5.74) is 4.32. The number of carbonyl (C=O) groups excluding carboxylic acids is 2. The van der Waals surface area contributed by atoms with E-state index in [0.29, 0.717) is 24.1 Å². The van der Waals surface area contributed by atoms with Crippen LogP contribution in [-0.4, -0.2) is 33.2 Å². The van der Waals surface area contributed by atoms with Crippen LogP contribution in [0.3, 0.4) is 0 Å². The largest absolute Gasteiger partial charge is 0.274 e. The Morgan fingerprint density at radius 2 is 1.48 bits per heavy atom. The summed E-state index contributed by atoms with van der Waals surface area (Å²) in [4.78, 5) is 36.0. The van der Waals surface area contributed by atoms with Gasteiger partial charge in [-0.25, -0.2) is 0 Å². The van der Waals surface area contributed by atoms with Crippen molar-refractivity contribution in [2.75, 3.05) is 6.54 Å². The Kier molecular flexibility index (Phi) is 6.68. The number of halogens is 2. The van der Waals surface area contributed by atoms with Crippen molar-refractivity contribution in [3.63, 3.8) is 0 Å². The molecule has 5 rings (SSSR count). The van der Waals surface area contributed by atoms with Gasteiger partial charge in [-0.05, 0) is 41.5 Å². The van der Waals surface area contributed by atoms with E-state index in [1.54, 1.807) is 18.5 Å². The van der Waals surface area contributed by atoms with Crippen LogP contribution in [0, 0.1) is 0 Å². The maximum atomic E-state index is 13.1. The second-order valence-electron chi connectivity index (χ2n) is 6.97. The molecule has 3 heterocycles. The molecule has 0 radical (unpaired) electrons. The number of imide groups is 1. The summed E-state index contributed by atoms with van der Waals surface area (Å²) in [6, 6.07) is 20.9. The number of nitrogens with zero attached hydrogens (tertiary/aromatic N) is 3. The molecule has 31 heavy (non-hydrogen) atoms. The van der Waals surface area contributed by atoms with Crippen molar-refractivity contribution in [1.82, 2.24) is 14.9 Å². The lowest BCUT2D eigenvalue weighted by Gasteiger charge is -2.14. The van der Waals surface area contributed by atoms with E-state index in [1.165, 1.54) is 4.90 Å². The van der Waals surface area contributed by atoms with E-state index in [4.69, 9.17) is 0 Å². The fourth-order valence-corrected chi connectivity index (χ4v) is 3.78. The number of rotatable bonds is 4. The van der Waals surface area contributed by atoms with E-state index < -0.39 is 0 Å². The second-order valence-corrected chi connectivity index (χ2v) is 6.97. The maximum Gasteiger partial charge on any atom is 0.262 e. The number of fused-ring (bicyclic) bond motifs is 2. The highest BCUT2D eigenvalue weighted by atomic mass is 35.5. The van der Waals surface area contributed by atoms with Gasteiger partial charge in [0.1, 0.15) is 0 Å². The molecule has 0 aliphatic carbocycles. The van der Waals surface area contributed by atoms with E-state index >= 15 is 0 Å². The average molecular weight is 452 g/mol. The van der Waals surface area contributed by atoms with Gasteiger partial charge in [0, 0.05) is 36.4 Å². The molecule has 2 aromatic carbocycles. The molecule has 1 aliphatic heterocycles. The van der Waals surface area contributed by atoms with Crippen LogP contribution in [0.4, 0.5) is 0 Å². The van der Waals surface area contributed by atoms with Gasteiger partial charge in [0.2, 0.25) is 0 Å². The minimum atomic E-state index is -0.252. The summed E-state index contributed by atoms with van der Waals surface area (Å²) in [7, 11) is 0. The lowest BCUT2D eigenvalue weighted by molar-refractivity contribution is 0.0656. The van der Waals surface area contributed by atoms with Crippen LogP contribution >= 0.6 is 24.8 Å². The molecule has 0 atom stereocenters. The topological polar surface area (TPSA) is 63.2 Å². The summed E-state index contributed by atoms with van der Waals surface area (Å²) in [6.07, 6.45) is 3.87. The molecule has 1 aliphatic rings. The molecule has 0 fully saturated rings. The highest BCUT2D eigenvalue weighted by Gasteiger charge is 2.37. The van der Waals surface area contributed by atoms with Gasteiger partial charge in [-0.3, -0.25) is 24.5 Å². The third-order valence-electron chi connectivity index (χ3n) is 5.24. The average Bonchev–Trinajstić information content (AvgIpc) is 3.02. The van der Waals surface area contributed by atoms with Crippen molar-refractivity contribution in [1.29, 1.82) is 0 Å². The number of benzene rings is 2. The SMILES string of the molecule is Cl.Cl.O=C1c2cccc(-c3ccncc3)c2C(=O)N1CCc1ccc2ccccc2n1. The predicted molar refractivity (Wildman–Crippen MR) is 125 cm³/mol. The minimum Gasteiger partial charge on any atom is -0.274 e. The Labute approximate surface area is 192 Å². The van der Waals surface area contributed by atoms with Crippen LogP contribution in [0.25, 0.3) is 22.0 Å². The molecule has 0 spiro atoms. The van der Waals surface area contributed by atoms with E-state index in [0.717, 1.165) is 27.7 Å². The summed E-state index contributed by atoms with van der Waals surface area (Å²) in [5, 5.41) is 1.07. The molecule has 7 heteroatoms. The molecule has 156 valence electrons. The van der Waals surface area contributed by atoms with E-state index in [-0.39, 0.29) is 36.6 Å². The molecule has 0 bridgehead atoms. The maximum absolute atomic E-state index is 13.1. The van der Waals surface area contributed by atoms with Crippen LogP contribution in [0.15, 0.2) is 79.1 Å². The van der Waals surface area contributed by atoms with Crippen molar-refractivity contribution in [2.24, 2.45) is 0 Å². The van der Waals surface area contributed by atoms with Crippen molar-refractivity contribution in [3.8, 4) is 11.1 Å². The van der Waals surface area contributed by atoms with Gasteiger partial charge in [0.15, 0.2) is 0 Å². The Balaban J connectivity index is 0.00000136. The number of hydrogen-bond donors (Lipinski definition) is 0. The monoisotopic (exact) mass is 451 g/mol. The van der Waals surface area contributed by atoms with Crippen LogP contribution in [-0.2, 0) is 6.42 Å². The second kappa shape index (κ2) is 9.25. The Morgan fingerprint density at radius 1 is 0.742 bits per heavy atom. The van der Waals surface area contributed by atoms with Crippen LogP contribution in [0.5, 0.6) is 0 Å². The van der Waals surface area contributed by atoms with Crippen molar-refractivity contribution < 1.29 is 9.59 Å². The predicted octanol–water partition coefficient (Wildman–Crippen LogP) is 4.98. The first-order chi connectivity index (χ1) is 14.2. The minimum absolute atomic E-state index is 0. The summed E-state index contributed by atoms with van der Waals surface area (Å²) in [5.74, 6) is -0.500. The summed E-state index contributed by atoms with van der Waals surface area (Å²) < 4.78 is 0. The first-order valence-electron chi connectivity index (χ1n) is 9.46. The number of carbonyl (C=O) groups is 2. The van der Waals surface area contributed by atoms with Gasteiger partial charge in [-0.15, -0.1) is 24.8 Å². The van der Waals surface area contributed by atoms with Gasteiger partial charge in [-0.1, -0.05) is 36.4 Å². The zero-order valence-electron chi connectivity index (χ0n) is 16.4. The number of para-hydroxylation sites is 1. The standard InChI is InChI=1S/C24H17N3O2.2ClH/c28-23-20-6-3-5-19(16-10-13-25-14-11-16)22(20)24(29)27(23)15-12-18-9-8-17-4-1-2-7-21(17)26-18;;/h1-11,13-14H,12,15H2;2*1H. The van der Waals surface area contributed by atoms with Gasteiger partial charge in [-0.2, -0.15) is 0 Å². The third kappa shape index (κ3) is 4.02. The number of aromatic nitrogens is 2. The molecule has 0 N–H and O–H groups in total. The molecule has 4 aromatic rings. The number of hydrogen-bond acceptors (Lipinski definition) is 4. The highest BCUT2D eigenvalue weighted by molar-refractivity contribution is 6.24. The first kappa shape index (κ1) is 22.4. The Bertz CT molecular complexity index is 1260. The fraction of sp³-hybridized carbons (Fsp3) is 0.0833. The Morgan fingerprint density at radius 3 is 2.29 bits per heavy atom. The Hall–Kier alpha value is -3.28. The van der Waals surface area contributed by atoms with Crippen LogP contribution < -0.4 is 0 Å². The molecular formula is C24H19Cl2N3O2. The molecule has 2 amide bonds. The zero-order chi connectivity index (χ0) is 19.8. The molecular weight excluding hydrogens is 433 g/mol. The van der Waals surface area contributed by atoms with Crippen molar-refractivity contribution >= 4 is 47.5 Å². The molecule has 0 saturated carbocycles. The van der Waals surface area contributed by atoms with Gasteiger partial charge in [0.25, 0.3) is 11.8 Å². The normalized spacial score (nSPS) is 12.3. The third-order valence-corrected chi connectivity index (χ3v) is 5.24. The smallest absolute Gasteiger partial charge is 0.262 e. The van der Waals surface area contributed by atoms with E-state index in [2.05, 4.69) is 9.97 Å². The lowest BCUT2D eigenvalue weighted by atomic mass is 9.97. The summed E-state index contributed by atoms with van der Waals surface area (Å²) >= 11 is 0. The molecule has 2 aromatic heterocycles. The quantitative estimate of drug-likeness (QED) is 0.410. The van der Waals surface area contributed by atoms with E-state index in [9.17, 15) is 9.59 Å². The van der Waals surface area contributed by atoms with Crippen molar-refractivity contribution in [3.05, 3.63) is 95.9 Å². The van der Waals surface area contributed by atoms with Crippen LogP contribution in [0.1, 0.15) is 26.4 Å². The lowest BCUT2D eigenvalue weighted by Crippen LogP contribution is -2.32. The molecule has 5 nitrogen and oxygen atoms in total. The summed E-state index contributed by atoms with van der Waals surface area (Å²) in [6.45, 7) is 0.299. The number of amides is 2. The first-order valence-corrected chi connectivity index (χ1v) is 9.46. The van der Waals surface area contributed by atoms with Gasteiger partial charge in [0.05, 0.1) is 16.6 Å². The van der Waals surface area contributed by atoms with E-state index in [1.807, 2.05) is 60.7 Å². The van der Waals surface area contributed by atoms with Crippen molar-refractivity contribution in [2.45, 2.75) is 6.42 Å². The number of pyridine rings is 2.